The SMILES string of the molecule is Cn1cc(-c2ccc(Cc3csc(NC(=O)C4(C)CC5(C)c6ccccc6C4n4cnnc45)n3)cc2)cn1. The second kappa shape index (κ2) is 8.19. The van der Waals surface area contributed by atoms with Gasteiger partial charge in [-0.2, -0.15) is 5.10 Å². The second-order valence-electron chi connectivity index (χ2n) is 10.9. The molecule has 38 heavy (non-hydrogen) atoms. The molecule has 1 aliphatic carbocycles. The van der Waals surface area contributed by atoms with E-state index in [9.17, 15) is 4.79 Å². The second-order valence-corrected chi connectivity index (χ2v) is 11.7. The van der Waals surface area contributed by atoms with Gasteiger partial charge in [-0.25, -0.2) is 4.98 Å². The van der Waals surface area contributed by atoms with Crippen LogP contribution in [0.2, 0.25) is 0 Å². The fraction of sp³-hybridized carbons (Fsp3) is 0.276. The number of carbonyl (C=O) groups is 1. The maximum Gasteiger partial charge on any atom is 0.234 e. The number of aromatic nitrogens is 6. The lowest BCUT2D eigenvalue weighted by Gasteiger charge is -2.54. The minimum absolute atomic E-state index is 0.0238. The molecule has 2 aromatic carbocycles. The number of fused-ring (bicyclic) bond motifs is 1. The van der Waals surface area contributed by atoms with Gasteiger partial charge in [0.2, 0.25) is 5.91 Å². The molecule has 3 unspecified atom stereocenters. The molecule has 8 rings (SSSR count). The van der Waals surface area contributed by atoms with Gasteiger partial charge >= 0.3 is 0 Å². The molecule has 1 amide bonds. The Bertz CT molecular complexity index is 1680. The smallest absolute Gasteiger partial charge is 0.234 e. The van der Waals surface area contributed by atoms with Gasteiger partial charge in [0.15, 0.2) is 5.13 Å². The molecule has 0 saturated carbocycles. The maximum atomic E-state index is 13.9. The largest absolute Gasteiger partial charge is 0.308 e. The third kappa shape index (κ3) is 3.38. The molecule has 3 atom stereocenters. The predicted octanol–water partition coefficient (Wildman–Crippen LogP) is 4.98. The van der Waals surface area contributed by atoms with Gasteiger partial charge in [-0.05, 0) is 42.5 Å². The van der Waals surface area contributed by atoms with E-state index in [1.165, 1.54) is 28.0 Å². The Hall–Kier alpha value is -4.11. The van der Waals surface area contributed by atoms with Crippen molar-refractivity contribution in [3.05, 3.63) is 101 Å². The lowest BCUT2D eigenvalue weighted by atomic mass is 9.55. The standard InChI is InChI=1S/C29H27N7OS/c1-28-16-29(2,24(36-17-30-34-25(28)36)22-6-4-5-7-23(22)28)26(37)33-27-32-21(15-38-27)12-18-8-10-19(11-9-18)20-13-31-35(3)14-20/h4-11,13-15,17,24H,12,16H2,1-3H3,(H,32,33,37). The van der Waals surface area contributed by atoms with Crippen molar-refractivity contribution in [3.8, 4) is 11.1 Å². The number of hydrogen-bond acceptors (Lipinski definition) is 6. The van der Waals surface area contributed by atoms with E-state index in [1.54, 1.807) is 11.0 Å². The molecule has 3 aromatic heterocycles. The average molecular weight is 522 g/mol. The van der Waals surface area contributed by atoms with Crippen LogP contribution in [0.3, 0.4) is 0 Å². The number of nitrogens with zero attached hydrogens (tertiary/aromatic N) is 6. The first-order valence-electron chi connectivity index (χ1n) is 12.7. The molecule has 1 N–H and O–H groups in total. The van der Waals surface area contributed by atoms with Gasteiger partial charge in [0.05, 0.1) is 28.8 Å². The van der Waals surface area contributed by atoms with Crippen LogP contribution in [-0.2, 0) is 23.7 Å². The van der Waals surface area contributed by atoms with Crippen molar-refractivity contribution in [2.24, 2.45) is 12.5 Å². The van der Waals surface area contributed by atoms with Gasteiger partial charge in [-0.1, -0.05) is 48.5 Å². The quantitative estimate of drug-likeness (QED) is 0.352. The molecule has 0 fully saturated rings. The van der Waals surface area contributed by atoms with E-state index >= 15 is 0 Å². The summed E-state index contributed by atoms with van der Waals surface area (Å²) in [7, 11) is 1.92. The van der Waals surface area contributed by atoms with Crippen LogP contribution in [0, 0.1) is 5.41 Å². The summed E-state index contributed by atoms with van der Waals surface area (Å²) in [5.74, 6) is 0.904. The number of rotatable bonds is 5. The molecule has 5 aromatic rings. The van der Waals surface area contributed by atoms with Gasteiger partial charge in [0, 0.05) is 30.6 Å². The Kier molecular flexibility index (Phi) is 4.97. The van der Waals surface area contributed by atoms with Crippen molar-refractivity contribution in [1.82, 2.24) is 29.5 Å². The van der Waals surface area contributed by atoms with E-state index in [0.29, 0.717) is 18.0 Å². The third-order valence-corrected chi connectivity index (χ3v) is 8.99. The minimum atomic E-state index is -0.674. The molecule has 0 spiro atoms. The van der Waals surface area contributed by atoms with Crippen LogP contribution in [0.15, 0.2) is 72.6 Å². The Morgan fingerprint density at radius 2 is 1.95 bits per heavy atom. The first-order chi connectivity index (χ1) is 18.3. The number of aryl methyl sites for hydroxylation is 1. The number of benzene rings is 2. The molecule has 2 aliphatic heterocycles. The van der Waals surface area contributed by atoms with Crippen LogP contribution in [0.5, 0.6) is 0 Å². The Morgan fingerprint density at radius 3 is 2.74 bits per heavy atom. The molecule has 2 bridgehead atoms. The predicted molar refractivity (Wildman–Crippen MR) is 146 cm³/mol. The Balaban J connectivity index is 1.11. The zero-order valence-corrected chi connectivity index (χ0v) is 22.2. The molecular weight excluding hydrogens is 494 g/mol. The van der Waals surface area contributed by atoms with Gasteiger partial charge in [0.25, 0.3) is 0 Å². The average Bonchev–Trinajstić information content (AvgIpc) is 3.67. The molecular formula is C29H27N7OS. The van der Waals surface area contributed by atoms with Crippen LogP contribution in [0.25, 0.3) is 11.1 Å². The van der Waals surface area contributed by atoms with Crippen LogP contribution in [-0.4, -0.2) is 35.4 Å². The monoisotopic (exact) mass is 521 g/mol. The fourth-order valence-electron chi connectivity index (χ4n) is 6.47. The molecule has 3 aliphatic rings. The van der Waals surface area contributed by atoms with Gasteiger partial charge < -0.3 is 9.88 Å². The maximum absolute atomic E-state index is 13.9. The Labute approximate surface area is 224 Å². The van der Waals surface area contributed by atoms with Crippen LogP contribution >= 0.6 is 11.3 Å². The van der Waals surface area contributed by atoms with E-state index in [4.69, 9.17) is 4.98 Å². The first kappa shape index (κ1) is 23.0. The van der Waals surface area contributed by atoms with E-state index in [0.717, 1.165) is 22.6 Å². The topological polar surface area (TPSA) is 90.5 Å². The van der Waals surface area contributed by atoms with Crippen molar-refractivity contribution in [2.45, 2.75) is 38.1 Å². The minimum Gasteiger partial charge on any atom is -0.308 e. The number of nitrogens with one attached hydrogen (secondary N) is 1. The summed E-state index contributed by atoms with van der Waals surface area (Å²) in [6.45, 7) is 4.23. The highest BCUT2D eigenvalue weighted by Gasteiger charge is 2.60. The fourth-order valence-corrected chi connectivity index (χ4v) is 7.18. The summed E-state index contributed by atoms with van der Waals surface area (Å²) in [6, 6.07) is 16.7. The van der Waals surface area contributed by atoms with Crippen LogP contribution in [0.1, 0.15) is 54.5 Å². The summed E-state index contributed by atoms with van der Waals surface area (Å²) < 4.78 is 3.89. The molecule has 8 nitrogen and oxygen atoms in total. The van der Waals surface area contributed by atoms with Crippen molar-refractivity contribution >= 4 is 22.4 Å². The van der Waals surface area contributed by atoms with E-state index in [2.05, 4.69) is 81.5 Å². The zero-order valence-electron chi connectivity index (χ0n) is 21.4. The van der Waals surface area contributed by atoms with Crippen LogP contribution < -0.4 is 5.32 Å². The number of anilines is 1. The highest BCUT2D eigenvalue weighted by molar-refractivity contribution is 7.13. The first-order valence-corrected chi connectivity index (χ1v) is 13.6. The van der Waals surface area contributed by atoms with E-state index in [1.807, 2.05) is 30.9 Å². The zero-order chi connectivity index (χ0) is 26.1. The van der Waals surface area contributed by atoms with Crippen molar-refractivity contribution in [1.29, 1.82) is 0 Å². The molecule has 0 saturated heterocycles. The van der Waals surface area contributed by atoms with Crippen molar-refractivity contribution < 1.29 is 4.79 Å². The number of thiazole rings is 1. The van der Waals surface area contributed by atoms with Crippen LogP contribution in [0.4, 0.5) is 5.13 Å². The molecule has 0 radical (unpaired) electrons. The van der Waals surface area contributed by atoms with Gasteiger partial charge in [-0.15, -0.1) is 21.5 Å². The summed E-state index contributed by atoms with van der Waals surface area (Å²) in [6.07, 6.45) is 7.00. The van der Waals surface area contributed by atoms with Gasteiger partial charge in [-0.3, -0.25) is 9.48 Å². The summed E-state index contributed by atoms with van der Waals surface area (Å²) in [5, 5.41) is 18.7. The number of amides is 1. The lowest BCUT2D eigenvalue weighted by Crippen LogP contribution is -2.55. The summed E-state index contributed by atoms with van der Waals surface area (Å²) >= 11 is 1.47. The van der Waals surface area contributed by atoms with E-state index in [-0.39, 0.29) is 17.4 Å². The highest BCUT2D eigenvalue weighted by Crippen LogP contribution is 2.60. The van der Waals surface area contributed by atoms with E-state index < -0.39 is 5.41 Å². The lowest BCUT2D eigenvalue weighted by molar-refractivity contribution is -0.129. The summed E-state index contributed by atoms with van der Waals surface area (Å²) in [4.78, 5) is 18.7. The molecule has 5 heterocycles. The van der Waals surface area contributed by atoms with Crippen molar-refractivity contribution in [3.63, 3.8) is 0 Å². The molecule has 190 valence electrons. The summed E-state index contributed by atoms with van der Waals surface area (Å²) in [5.41, 5.74) is 5.68. The third-order valence-electron chi connectivity index (χ3n) is 8.19. The molecule has 9 heteroatoms. The highest BCUT2D eigenvalue weighted by atomic mass is 32.1. The van der Waals surface area contributed by atoms with Crippen molar-refractivity contribution in [2.75, 3.05) is 5.32 Å². The van der Waals surface area contributed by atoms with Gasteiger partial charge in [0.1, 0.15) is 12.2 Å². The number of carbonyl (C=O) groups excluding carboxylic acids is 1. The normalized spacial score (nSPS) is 23.2. The Morgan fingerprint density at radius 1 is 1.13 bits per heavy atom. The number of hydrogen-bond donors (Lipinski definition) is 1.